The molecule has 0 spiro atoms. The summed E-state index contributed by atoms with van der Waals surface area (Å²) in [5.41, 5.74) is 0.627. The van der Waals surface area contributed by atoms with Crippen molar-refractivity contribution in [3.8, 4) is 0 Å². The molecule has 0 N–H and O–H groups in total. The van der Waals surface area contributed by atoms with Gasteiger partial charge < -0.3 is 4.74 Å². The number of nitrogens with zero attached hydrogens (tertiary/aromatic N) is 2. The maximum atomic E-state index is 13.3. The van der Waals surface area contributed by atoms with Crippen molar-refractivity contribution in [3.05, 3.63) is 31.3 Å². The van der Waals surface area contributed by atoms with Crippen molar-refractivity contribution in [3.63, 3.8) is 0 Å². The van der Waals surface area contributed by atoms with Crippen molar-refractivity contribution in [2.24, 2.45) is 7.05 Å². The molecule has 0 aromatic carbocycles. The molecule has 1 fully saturated rings. The van der Waals surface area contributed by atoms with E-state index in [-0.39, 0.29) is 22.9 Å². The molecule has 2 aromatic rings. The van der Waals surface area contributed by atoms with Crippen LogP contribution in [0.25, 0.3) is 10.2 Å². The standard InChI is InChI=1S/C18H24N2O3S/c1-18(2)10-11(8-9-23-18)20-15(21)14-12-6-4-5-7-13(12)24-16(14)19(3)17(20)22/h11H,4-10H2,1-3H3/t11-/m0/s1. The first-order chi connectivity index (χ1) is 11.4. The number of aryl methyl sites for hydroxylation is 3. The maximum Gasteiger partial charge on any atom is 0.332 e. The number of fused-ring (bicyclic) bond motifs is 3. The lowest BCUT2D eigenvalue weighted by Gasteiger charge is -2.36. The number of hydrogen-bond donors (Lipinski definition) is 0. The van der Waals surface area contributed by atoms with Crippen LogP contribution in [0.1, 0.15) is 56.0 Å². The Balaban J connectivity index is 1.96. The van der Waals surface area contributed by atoms with Gasteiger partial charge in [0.05, 0.1) is 11.0 Å². The molecule has 1 saturated heterocycles. The van der Waals surface area contributed by atoms with E-state index in [4.69, 9.17) is 4.74 Å². The Kier molecular flexibility index (Phi) is 3.73. The Labute approximate surface area is 144 Å². The molecule has 24 heavy (non-hydrogen) atoms. The van der Waals surface area contributed by atoms with Gasteiger partial charge in [0.25, 0.3) is 5.56 Å². The molecule has 3 heterocycles. The van der Waals surface area contributed by atoms with Crippen LogP contribution in [-0.2, 0) is 24.6 Å². The number of hydrogen-bond acceptors (Lipinski definition) is 4. The van der Waals surface area contributed by atoms with Crippen LogP contribution < -0.4 is 11.2 Å². The molecule has 6 heteroatoms. The van der Waals surface area contributed by atoms with E-state index in [1.165, 1.54) is 21.4 Å². The molecular weight excluding hydrogens is 324 g/mol. The van der Waals surface area contributed by atoms with Gasteiger partial charge in [-0.05, 0) is 57.9 Å². The molecule has 1 aliphatic heterocycles. The molecule has 1 aliphatic carbocycles. The van der Waals surface area contributed by atoms with Crippen molar-refractivity contribution < 1.29 is 4.74 Å². The van der Waals surface area contributed by atoms with Crippen LogP contribution in [0.2, 0.25) is 0 Å². The summed E-state index contributed by atoms with van der Waals surface area (Å²) < 4.78 is 8.96. The highest BCUT2D eigenvalue weighted by molar-refractivity contribution is 7.18. The SMILES string of the molecule is Cn1c(=O)n([C@H]2CCOC(C)(C)C2)c(=O)c2c3c(sc21)CCCC3. The van der Waals surface area contributed by atoms with E-state index >= 15 is 0 Å². The summed E-state index contributed by atoms with van der Waals surface area (Å²) in [6.45, 7) is 4.65. The van der Waals surface area contributed by atoms with E-state index in [0.29, 0.717) is 13.0 Å². The minimum Gasteiger partial charge on any atom is -0.375 e. The van der Waals surface area contributed by atoms with E-state index in [1.807, 2.05) is 13.8 Å². The summed E-state index contributed by atoms with van der Waals surface area (Å²) in [5, 5.41) is 0.793. The summed E-state index contributed by atoms with van der Waals surface area (Å²) >= 11 is 1.63. The van der Waals surface area contributed by atoms with Crippen molar-refractivity contribution in [1.29, 1.82) is 0 Å². The van der Waals surface area contributed by atoms with Crippen LogP contribution >= 0.6 is 11.3 Å². The second kappa shape index (κ2) is 5.56. The molecule has 0 bridgehead atoms. The smallest absolute Gasteiger partial charge is 0.332 e. The van der Waals surface area contributed by atoms with Crippen molar-refractivity contribution in [1.82, 2.24) is 9.13 Å². The first kappa shape index (κ1) is 16.1. The zero-order chi connectivity index (χ0) is 17.1. The van der Waals surface area contributed by atoms with Crippen LogP contribution in [0.4, 0.5) is 0 Å². The Morgan fingerprint density at radius 1 is 1.21 bits per heavy atom. The van der Waals surface area contributed by atoms with Gasteiger partial charge in [-0.3, -0.25) is 13.9 Å². The predicted octanol–water partition coefficient (Wildman–Crippen LogP) is 2.77. The van der Waals surface area contributed by atoms with E-state index in [0.717, 1.165) is 35.9 Å². The second-order valence-electron chi connectivity index (χ2n) is 7.66. The summed E-state index contributed by atoms with van der Waals surface area (Å²) in [6, 6.07) is -0.0801. The Bertz CT molecular complexity index is 919. The van der Waals surface area contributed by atoms with Crippen molar-refractivity contribution in [2.45, 2.75) is 64.0 Å². The molecule has 2 aliphatic rings. The van der Waals surface area contributed by atoms with Gasteiger partial charge in [0.2, 0.25) is 0 Å². The quantitative estimate of drug-likeness (QED) is 0.796. The van der Waals surface area contributed by atoms with Crippen molar-refractivity contribution in [2.75, 3.05) is 6.61 Å². The lowest BCUT2D eigenvalue weighted by molar-refractivity contribution is -0.0701. The van der Waals surface area contributed by atoms with Gasteiger partial charge in [-0.15, -0.1) is 11.3 Å². The first-order valence-corrected chi connectivity index (χ1v) is 9.60. The molecule has 0 amide bonds. The Morgan fingerprint density at radius 2 is 1.96 bits per heavy atom. The third-order valence-electron chi connectivity index (χ3n) is 5.42. The van der Waals surface area contributed by atoms with Crippen LogP contribution in [0.15, 0.2) is 9.59 Å². The summed E-state index contributed by atoms with van der Waals surface area (Å²) in [4.78, 5) is 28.3. The van der Waals surface area contributed by atoms with E-state index in [1.54, 1.807) is 23.0 Å². The van der Waals surface area contributed by atoms with Gasteiger partial charge in [-0.2, -0.15) is 0 Å². The van der Waals surface area contributed by atoms with Gasteiger partial charge in [0.1, 0.15) is 4.83 Å². The molecule has 4 rings (SSSR count). The monoisotopic (exact) mass is 348 g/mol. The summed E-state index contributed by atoms with van der Waals surface area (Å²) in [7, 11) is 1.80. The van der Waals surface area contributed by atoms with E-state index in [9.17, 15) is 9.59 Å². The minimum absolute atomic E-state index is 0.0801. The van der Waals surface area contributed by atoms with Gasteiger partial charge in [-0.25, -0.2) is 4.79 Å². The fourth-order valence-electron chi connectivity index (χ4n) is 4.21. The maximum absolute atomic E-state index is 13.3. The lowest BCUT2D eigenvalue weighted by Crippen LogP contribution is -2.46. The zero-order valence-electron chi connectivity index (χ0n) is 14.6. The van der Waals surface area contributed by atoms with Crippen LogP contribution in [-0.4, -0.2) is 21.3 Å². The molecule has 2 aromatic heterocycles. The minimum atomic E-state index is -0.295. The fraction of sp³-hybridized carbons (Fsp3) is 0.667. The number of rotatable bonds is 1. The zero-order valence-corrected chi connectivity index (χ0v) is 15.4. The highest BCUT2D eigenvalue weighted by Gasteiger charge is 2.33. The molecule has 130 valence electrons. The molecular formula is C18H24N2O3S. The predicted molar refractivity (Wildman–Crippen MR) is 96.3 cm³/mol. The topological polar surface area (TPSA) is 53.2 Å². The molecule has 0 radical (unpaired) electrons. The normalized spacial score (nSPS) is 23.4. The van der Waals surface area contributed by atoms with Gasteiger partial charge in [0.15, 0.2) is 0 Å². The lowest BCUT2D eigenvalue weighted by atomic mass is 9.93. The van der Waals surface area contributed by atoms with E-state index < -0.39 is 0 Å². The van der Waals surface area contributed by atoms with Crippen LogP contribution in [0.3, 0.4) is 0 Å². The number of aromatic nitrogens is 2. The average Bonchev–Trinajstić information content (AvgIpc) is 2.92. The second-order valence-corrected chi connectivity index (χ2v) is 8.75. The molecule has 1 atom stereocenters. The fourth-order valence-corrected chi connectivity index (χ4v) is 5.54. The summed E-state index contributed by atoms with van der Waals surface area (Å²) in [6.07, 6.45) is 5.71. The van der Waals surface area contributed by atoms with Gasteiger partial charge >= 0.3 is 5.69 Å². The Morgan fingerprint density at radius 3 is 2.71 bits per heavy atom. The largest absolute Gasteiger partial charge is 0.375 e. The molecule has 0 saturated carbocycles. The third-order valence-corrected chi connectivity index (χ3v) is 6.79. The van der Waals surface area contributed by atoms with E-state index in [2.05, 4.69) is 0 Å². The van der Waals surface area contributed by atoms with Gasteiger partial charge in [0, 0.05) is 24.6 Å². The molecule has 5 nitrogen and oxygen atoms in total. The number of thiophene rings is 1. The third kappa shape index (κ3) is 2.39. The number of ether oxygens (including phenoxy) is 1. The molecule has 0 unspecified atom stereocenters. The highest BCUT2D eigenvalue weighted by atomic mass is 32.1. The average molecular weight is 348 g/mol. The Hall–Kier alpha value is -1.40. The van der Waals surface area contributed by atoms with Gasteiger partial charge in [-0.1, -0.05) is 0 Å². The van der Waals surface area contributed by atoms with Crippen LogP contribution in [0.5, 0.6) is 0 Å². The van der Waals surface area contributed by atoms with Crippen LogP contribution in [0, 0.1) is 0 Å². The van der Waals surface area contributed by atoms with Crippen molar-refractivity contribution >= 4 is 21.6 Å². The summed E-state index contributed by atoms with van der Waals surface area (Å²) in [5.74, 6) is 0. The first-order valence-electron chi connectivity index (χ1n) is 8.79. The highest BCUT2D eigenvalue weighted by Crippen LogP contribution is 2.35.